The number of amides is 2. The van der Waals surface area contributed by atoms with Crippen molar-refractivity contribution < 1.29 is 4.79 Å². The molecule has 1 aliphatic rings. The molecule has 2 amide bonds. The van der Waals surface area contributed by atoms with Gasteiger partial charge in [0.25, 0.3) is 0 Å². The molecule has 0 aliphatic heterocycles. The number of nitrogens with zero attached hydrogens (tertiary/aromatic N) is 1. The molecule has 17 heavy (non-hydrogen) atoms. The molecule has 0 radical (unpaired) electrons. The minimum Gasteiger partial charge on any atom is -0.335 e. The topological polar surface area (TPSA) is 54.0 Å². The Bertz CT molecular complexity index is 558. The maximum absolute atomic E-state index is 11.7. The van der Waals surface area contributed by atoms with E-state index < -0.39 is 0 Å². The van der Waals surface area contributed by atoms with Crippen LogP contribution in [0.25, 0.3) is 10.8 Å². The van der Waals surface area contributed by atoms with Crippen molar-refractivity contribution in [2.45, 2.75) is 18.9 Å². The monoisotopic (exact) mass is 227 g/mol. The van der Waals surface area contributed by atoms with Crippen LogP contribution in [0.3, 0.4) is 0 Å². The van der Waals surface area contributed by atoms with Crippen LogP contribution in [0.2, 0.25) is 0 Å². The summed E-state index contributed by atoms with van der Waals surface area (Å²) in [6.07, 6.45) is 5.69. The summed E-state index contributed by atoms with van der Waals surface area (Å²) in [5.74, 6) is 0. The molecule has 1 saturated carbocycles. The summed E-state index contributed by atoms with van der Waals surface area (Å²) in [5.41, 5.74) is 0.800. The first-order chi connectivity index (χ1) is 8.33. The van der Waals surface area contributed by atoms with Gasteiger partial charge in [-0.2, -0.15) is 0 Å². The smallest absolute Gasteiger partial charge is 0.319 e. The van der Waals surface area contributed by atoms with Crippen LogP contribution in [-0.2, 0) is 0 Å². The number of hydrogen-bond donors (Lipinski definition) is 2. The zero-order valence-corrected chi connectivity index (χ0v) is 9.31. The summed E-state index contributed by atoms with van der Waals surface area (Å²) in [6.45, 7) is 0. The van der Waals surface area contributed by atoms with E-state index in [1.807, 2.05) is 24.3 Å². The molecule has 0 atom stereocenters. The van der Waals surface area contributed by atoms with Crippen LogP contribution in [0.1, 0.15) is 12.8 Å². The SMILES string of the molecule is O=C(Nc1cccc2ccncc12)NC1CC1. The van der Waals surface area contributed by atoms with E-state index in [0.717, 1.165) is 29.3 Å². The van der Waals surface area contributed by atoms with Gasteiger partial charge in [-0.05, 0) is 30.4 Å². The van der Waals surface area contributed by atoms with E-state index in [-0.39, 0.29) is 6.03 Å². The highest BCUT2D eigenvalue weighted by Gasteiger charge is 2.23. The maximum Gasteiger partial charge on any atom is 0.319 e. The van der Waals surface area contributed by atoms with Crippen LogP contribution in [0.4, 0.5) is 10.5 Å². The van der Waals surface area contributed by atoms with Gasteiger partial charge in [0, 0.05) is 23.8 Å². The third kappa shape index (κ3) is 2.20. The maximum atomic E-state index is 11.7. The summed E-state index contributed by atoms with van der Waals surface area (Å²) in [6, 6.07) is 7.97. The van der Waals surface area contributed by atoms with Crippen molar-refractivity contribution >= 4 is 22.5 Å². The van der Waals surface area contributed by atoms with Crippen molar-refractivity contribution in [1.82, 2.24) is 10.3 Å². The van der Waals surface area contributed by atoms with Gasteiger partial charge >= 0.3 is 6.03 Å². The standard InChI is InChI=1S/C13H13N3O/c17-13(15-10-4-5-10)16-12-3-1-2-9-6-7-14-8-11(9)12/h1-3,6-8,10H,4-5H2,(H2,15,16,17). The average molecular weight is 227 g/mol. The first-order valence-electron chi connectivity index (χ1n) is 5.73. The van der Waals surface area contributed by atoms with Crippen LogP contribution >= 0.6 is 0 Å². The molecule has 0 saturated heterocycles. The minimum atomic E-state index is -0.135. The Kier molecular flexibility index (Phi) is 2.40. The number of pyridine rings is 1. The number of carbonyl (C=O) groups is 1. The van der Waals surface area contributed by atoms with Crippen LogP contribution in [0, 0.1) is 0 Å². The predicted octanol–water partition coefficient (Wildman–Crippen LogP) is 2.52. The van der Waals surface area contributed by atoms with E-state index in [4.69, 9.17) is 0 Å². The molecular weight excluding hydrogens is 214 g/mol. The van der Waals surface area contributed by atoms with Crippen molar-refractivity contribution in [3.63, 3.8) is 0 Å². The minimum absolute atomic E-state index is 0.135. The molecule has 86 valence electrons. The molecule has 2 aromatic rings. The van der Waals surface area contributed by atoms with Gasteiger partial charge in [-0.15, -0.1) is 0 Å². The molecule has 0 bridgehead atoms. The number of anilines is 1. The second kappa shape index (κ2) is 4.05. The second-order valence-electron chi connectivity index (χ2n) is 4.28. The van der Waals surface area contributed by atoms with Crippen LogP contribution in [0.5, 0.6) is 0 Å². The van der Waals surface area contributed by atoms with Gasteiger partial charge in [0.05, 0.1) is 5.69 Å². The molecule has 1 aromatic carbocycles. The summed E-state index contributed by atoms with van der Waals surface area (Å²) in [5, 5.41) is 7.80. The van der Waals surface area contributed by atoms with E-state index in [1.54, 1.807) is 12.4 Å². The van der Waals surface area contributed by atoms with E-state index >= 15 is 0 Å². The van der Waals surface area contributed by atoms with Crippen molar-refractivity contribution in [2.24, 2.45) is 0 Å². The highest BCUT2D eigenvalue weighted by atomic mass is 16.2. The second-order valence-corrected chi connectivity index (χ2v) is 4.28. The number of rotatable bonds is 2. The molecule has 4 heteroatoms. The fourth-order valence-electron chi connectivity index (χ4n) is 1.79. The highest BCUT2D eigenvalue weighted by molar-refractivity contribution is 6.01. The van der Waals surface area contributed by atoms with Crippen LogP contribution < -0.4 is 10.6 Å². The third-order valence-corrected chi connectivity index (χ3v) is 2.84. The molecule has 0 unspecified atom stereocenters. The number of fused-ring (bicyclic) bond motifs is 1. The number of urea groups is 1. The Morgan fingerprint density at radius 1 is 1.29 bits per heavy atom. The van der Waals surface area contributed by atoms with E-state index in [0.29, 0.717) is 6.04 Å². The Hall–Kier alpha value is -2.10. The van der Waals surface area contributed by atoms with Gasteiger partial charge in [0.2, 0.25) is 0 Å². The lowest BCUT2D eigenvalue weighted by Gasteiger charge is -2.08. The highest BCUT2D eigenvalue weighted by Crippen LogP contribution is 2.23. The van der Waals surface area contributed by atoms with E-state index in [9.17, 15) is 4.79 Å². The van der Waals surface area contributed by atoms with Crippen LogP contribution in [-0.4, -0.2) is 17.1 Å². The lowest BCUT2D eigenvalue weighted by molar-refractivity contribution is 0.252. The van der Waals surface area contributed by atoms with Crippen LogP contribution in [0.15, 0.2) is 36.7 Å². The largest absolute Gasteiger partial charge is 0.335 e. The molecule has 4 nitrogen and oxygen atoms in total. The predicted molar refractivity (Wildman–Crippen MR) is 66.9 cm³/mol. The zero-order chi connectivity index (χ0) is 11.7. The van der Waals surface area contributed by atoms with Crippen molar-refractivity contribution in [3.05, 3.63) is 36.7 Å². The quantitative estimate of drug-likeness (QED) is 0.828. The van der Waals surface area contributed by atoms with Crippen molar-refractivity contribution in [3.8, 4) is 0 Å². The Morgan fingerprint density at radius 2 is 2.18 bits per heavy atom. The number of aromatic nitrogens is 1. The summed E-state index contributed by atoms with van der Waals surface area (Å²) in [7, 11) is 0. The first kappa shape index (κ1) is 10.1. The fraction of sp³-hybridized carbons (Fsp3) is 0.231. The Balaban J connectivity index is 1.86. The van der Waals surface area contributed by atoms with Gasteiger partial charge < -0.3 is 10.6 Å². The van der Waals surface area contributed by atoms with Crippen molar-refractivity contribution in [2.75, 3.05) is 5.32 Å². The number of hydrogen-bond acceptors (Lipinski definition) is 2. The molecule has 1 fully saturated rings. The fourth-order valence-corrected chi connectivity index (χ4v) is 1.79. The third-order valence-electron chi connectivity index (χ3n) is 2.84. The van der Waals surface area contributed by atoms with Gasteiger partial charge in [0.15, 0.2) is 0 Å². The number of carbonyl (C=O) groups excluding carboxylic acids is 1. The number of benzene rings is 1. The number of nitrogens with one attached hydrogen (secondary N) is 2. The van der Waals surface area contributed by atoms with Gasteiger partial charge in [-0.25, -0.2) is 4.79 Å². The van der Waals surface area contributed by atoms with Gasteiger partial charge in [0.1, 0.15) is 0 Å². The summed E-state index contributed by atoms with van der Waals surface area (Å²) in [4.78, 5) is 15.7. The molecule has 1 aliphatic carbocycles. The normalized spacial score (nSPS) is 14.6. The molecule has 2 N–H and O–H groups in total. The first-order valence-corrected chi connectivity index (χ1v) is 5.73. The van der Waals surface area contributed by atoms with E-state index in [2.05, 4.69) is 15.6 Å². The summed E-state index contributed by atoms with van der Waals surface area (Å²) < 4.78 is 0. The molecule has 3 rings (SSSR count). The van der Waals surface area contributed by atoms with Gasteiger partial charge in [-0.3, -0.25) is 4.98 Å². The Labute approximate surface area is 99.0 Å². The molecule has 1 heterocycles. The summed E-state index contributed by atoms with van der Waals surface area (Å²) >= 11 is 0. The van der Waals surface area contributed by atoms with E-state index in [1.165, 1.54) is 0 Å². The zero-order valence-electron chi connectivity index (χ0n) is 9.31. The van der Waals surface area contributed by atoms with Gasteiger partial charge in [-0.1, -0.05) is 12.1 Å². The molecule has 1 aromatic heterocycles. The molecule has 0 spiro atoms. The molecular formula is C13H13N3O. The average Bonchev–Trinajstić information content (AvgIpc) is 3.13. The lowest BCUT2D eigenvalue weighted by atomic mass is 10.1. The van der Waals surface area contributed by atoms with Crippen molar-refractivity contribution in [1.29, 1.82) is 0 Å². The lowest BCUT2D eigenvalue weighted by Crippen LogP contribution is -2.30. The Morgan fingerprint density at radius 3 is 3.00 bits per heavy atom.